The van der Waals surface area contributed by atoms with Crippen LogP contribution in [0.15, 0.2) is 0 Å². The molecule has 1 N–H and O–H groups in total. The van der Waals surface area contributed by atoms with Gasteiger partial charge in [-0.1, -0.05) is 6.42 Å². The van der Waals surface area contributed by atoms with E-state index in [1.807, 2.05) is 0 Å². The number of hydrogen-bond acceptors (Lipinski definition) is 5. The average molecular weight is 250 g/mol. The van der Waals surface area contributed by atoms with Crippen LogP contribution in [-0.2, 0) is 19.4 Å². The first-order valence-electron chi connectivity index (χ1n) is 5.31. The van der Waals surface area contributed by atoms with Gasteiger partial charge >= 0.3 is 5.97 Å². The SMILES string of the molecule is COC(=O)C(O)C1CCCC(S(C)(=O)=O)C1. The van der Waals surface area contributed by atoms with Crippen molar-refractivity contribution in [2.75, 3.05) is 13.4 Å². The maximum absolute atomic E-state index is 11.4. The number of carbonyl (C=O) groups is 1. The van der Waals surface area contributed by atoms with E-state index >= 15 is 0 Å². The summed E-state index contributed by atoms with van der Waals surface area (Å²) in [5, 5.41) is 9.22. The van der Waals surface area contributed by atoms with Gasteiger partial charge in [-0.25, -0.2) is 13.2 Å². The zero-order valence-electron chi connectivity index (χ0n) is 9.55. The fourth-order valence-electron chi connectivity index (χ4n) is 2.17. The molecule has 0 radical (unpaired) electrons. The molecule has 16 heavy (non-hydrogen) atoms. The minimum Gasteiger partial charge on any atom is -0.467 e. The van der Waals surface area contributed by atoms with Gasteiger partial charge in [0.25, 0.3) is 0 Å². The standard InChI is InChI=1S/C10H18O5S/c1-15-10(12)9(11)7-4-3-5-8(6-7)16(2,13)14/h7-9,11H,3-6H2,1-2H3. The van der Waals surface area contributed by atoms with Crippen LogP contribution in [0, 0.1) is 5.92 Å². The van der Waals surface area contributed by atoms with E-state index in [0.717, 1.165) is 6.42 Å². The van der Waals surface area contributed by atoms with Crippen molar-refractivity contribution in [3.8, 4) is 0 Å². The van der Waals surface area contributed by atoms with Crippen molar-refractivity contribution in [1.82, 2.24) is 0 Å². The zero-order chi connectivity index (χ0) is 12.3. The summed E-state index contributed by atoms with van der Waals surface area (Å²) in [6.07, 6.45) is 2.34. The van der Waals surface area contributed by atoms with Gasteiger partial charge in [0.1, 0.15) is 9.84 Å². The van der Waals surface area contributed by atoms with E-state index in [4.69, 9.17) is 0 Å². The lowest BCUT2D eigenvalue weighted by Gasteiger charge is -2.29. The summed E-state index contributed by atoms with van der Waals surface area (Å²) < 4.78 is 27.2. The van der Waals surface area contributed by atoms with Crippen molar-refractivity contribution in [2.45, 2.75) is 37.0 Å². The number of esters is 1. The van der Waals surface area contributed by atoms with Crippen LogP contribution >= 0.6 is 0 Å². The van der Waals surface area contributed by atoms with Crippen molar-refractivity contribution in [3.63, 3.8) is 0 Å². The molecule has 1 aliphatic rings. The van der Waals surface area contributed by atoms with E-state index in [1.165, 1.54) is 13.4 Å². The minimum absolute atomic E-state index is 0.305. The predicted octanol–water partition coefficient (Wildman–Crippen LogP) is 0.124. The van der Waals surface area contributed by atoms with E-state index in [2.05, 4.69) is 4.74 Å². The number of aliphatic hydroxyl groups excluding tert-OH is 1. The third-order valence-electron chi connectivity index (χ3n) is 3.16. The fraction of sp³-hybridized carbons (Fsp3) is 0.900. The fourth-order valence-corrected chi connectivity index (χ4v) is 3.36. The number of aliphatic hydroxyl groups is 1. The Labute approximate surface area is 95.7 Å². The first kappa shape index (κ1) is 13.4. The molecule has 0 spiro atoms. The maximum atomic E-state index is 11.4. The Morgan fingerprint density at radius 2 is 2.06 bits per heavy atom. The Balaban J connectivity index is 2.67. The zero-order valence-corrected chi connectivity index (χ0v) is 10.4. The largest absolute Gasteiger partial charge is 0.467 e. The van der Waals surface area contributed by atoms with Crippen LogP contribution in [0.4, 0.5) is 0 Å². The summed E-state index contributed by atoms with van der Waals surface area (Å²) in [5.74, 6) is -0.986. The van der Waals surface area contributed by atoms with E-state index in [9.17, 15) is 18.3 Å². The lowest BCUT2D eigenvalue weighted by atomic mass is 9.85. The van der Waals surface area contributed by atoms with Gasteiger partial charge in [-0.3, -0.25) is 0 Å². The number of carbonyl (C=O) groups excluding carboxylic acids is 1. The average Bonchev–Trinajstić information content (AvgIpc) is 2.26. The van der Waals surface area contributed by atoms with E-state index in [-0.39, 0.29) is 5.92 Å². The van der Waals surface area contributed by atoms with Gasteiger partial charge in [-0.2, -0.15) is 0 Å². The quantitative estimate of drug-likeness (QED) is 0.720. The Hall–Kier alpha value is -0.620. The first-order valence-corrected chi connectivity index (χ1v) is 7.26. The molecule has 3 unspecified atom stereocenters. The third-order valence-corrected chi connectivity index (χ3v) is 4.80. The summed E-state index contributed by atoms with van der Waals surface area (Å²) in [4.78, 5) is 11.1. The highest BCUT2D eigenvalue weighted by atomic mass is 32.2. The molecule has 5 nitrogen and oxygen atoms in total. The Morgan fingerprint density at radius 1 is 1.44 bits per heavy atom. The van der Waals surface area contributed by atoms with Crippen LogP contribution in [0.25, 0.3) is 0 Å². The Morgan fingerprint density at radius 3 is 2.56 bits per heavy atom. The second kappa shape index (κ2) is 5.14. The molecule has 3 atom stereocenters. The number of sulfone groups is 1. The van der Waals surface area contributed by atoms with Gasteiger partial charge in [-0.15, -0.1) is 0 Å². The van der Waals surface area contributed by atoms with Crippen molar-refractivity contribution >= 4 is 15.8 Å². The van der Waals surface area contributed by atoms with Crippen molar-refractivity contribution in [2.24, 2.45) is 5.92 Å². The summed E-state index contributed by atoms with van der Waals surface area (Å²) in [7, 11) is -1.88. The summed E-state index contributed by atoms with van der Waals surface area (Å²) in [5.41, 5.74) is 0. The third kappa shape index (κ3) is 3.18. The molecule has 6 heteroatoms. The molecule has 0 aromatic rings. The maximum Gasteiger partial charge on any atom is 0.334 e. The number of hydrogen-bond donors (Lipinski definition) is 1. The molecular weight excluding hydrogens is 232 g/mol. The molecule has 1 aliphatic carbocycles. The molecule has 0 aliphatic heterocycles. The molecule has 0 aromatic heterocycles. The van der Waals surface area contributed by atoms with Crippen LogP contribution < -0.4 is 0 Å². The van der Waals surface area contributed by atoms with Crippen molar-refractivity contribution < 1.29 is 23.1 Å². The highest BCUT2D eigenvalue weighted by Gasteiger charge is 2.35. The second-order valence-electron chi connectivity index (χ2n) is 4.35. The molecular formula is C10H18O5S. The van der Waals surface area contributed by atoms with Gasteiger partial charge in [0.05, 0.1) is 12.4 Å². The van der Waals surface area contributed by atoms with E-state index in [0.29, 0.717) is 19.3 Å². The molecule has 0 aromatic carbocycles. The highest BCUT2D eigenvalue weighted by molar-refractivity contribution is 7.91. The number of methoxy groups -OCH3 is 1. The van der Waals surface area contributed by atoms with Gasteiger partial charge in [0.2, 0.25) is 0 Å². The highest BCUT2D eigenvalue weighted by Crippen LogP contribution is 2.30. The van der Waals surface area contributed by atoms with Crippen LogP contribution in [0.3, 0.4) is 0 Å². The molecule has 1 rings (SSSR count). The summed E-state index contributed by atoms with van der Waals surface area (Å²) in [6, 6.07) is 0. The smallest absolute Gasteiger partial charge is 0.334 e. The van der Waals surface area contributed by atoms with Crippen LogP contribution in [0.2, 0.25) is 0 Å². The van der Waals surface area contributed by atoms with Gasteiger partial charge < -0.3 is 9.84 Å². The summed E-state index contributed by atoms with van der Waals surface area (Å²) >= 11 is 0. The summed E-state index contributed by atoms with van der Waals surface area (Å²) in [6.45, 7) is 0. The molecule has 1 fully saturated rings. The molecule has 0 amide bonds. The Kier molecular flexibility index (Phi) is 4.32. The van der Waals surface area contributed by atoms with Gasteiger partial charge in [0, 0.05) is 6.26 Å². The predicted molar refractivity (Wildman–Crippen MR) is 58.6 cm³/mol. The minimum atomic E-state index is -3.09. The van der Waals surface area contributed by atoms with E-state index in [1.54, 1.807) is 0 Å². The molecule has 0 bridgehead atoms. The first-order chi connectivity index (χ1) is 7.36. The lowest BCUT2D eigenvalue weighted by molar-refractivity contribution is -0.154. The van der Waals surface area contributed by atoms with Crippen LogP contribution in [-0.4, -0.2) is 44.2 Å². The molecule has 0 heterocycles. The Bertz CT molecular complexity index is 348. The normalized spacial score (nSPS) is 28.4. The second-order valence-corrected chi connectivity index (χ2v) is 6.67. The molecule has 1 saturated carbocycles. The van der Waals surface area contributed by atoms with Crippen molar-refractivity contribution in [1.29, 1.82) is 0 Å². The topological polar surface area (TPSA) is 80.7 Å². The van der Waals surface area contributed by atoms with Crippen LogP contribution in [0.1, 0.15) is 25.7 Å². The molecule has 94 valence electrons. The molecule has 0 saturated heterocycles. The van der Waals surface area contributed by atoms with Gasteiger partial charge in [-0.05, 0) is 25.2 Å². The monoisotopic (exact) mass is 250 g/mol. The lowest BCUT2D eigenvalue weighted by Crippen LogP contribution is -2.37. The van der Waals surface area contributed by atoms with E-state index < -0.39 is 27.2 Å². The van der Waals surface area contributed by atoms with Crippen LogP contribution in [0.5, 0.6) is 0 Å². The number of ether oxygens (including phenoxy) is 1. The van der Waals surface area contributed by atoms with Gasteiger partial charge in [0.15, 0.2) is 6.10 Å². The van der Waals surface area contributed by atoms with Crippen molar-refractivity contribution in [3.05, 3.63) is 0 Å². The number of rotatable bonds is 3.